The fourth-order valence-electron chi connectivity index (χ4n) is 2.84. The summed E-state index contributed by atoms with van der Waals surface area (Å²) in [6.45, 7) is 0. The third-order valence-corrected chi connectivity index (χ3v) is 5.43. The number of thiazole rings is 1. The molecule has 0 atom stereocenters. The lowest BCUT2D eigenvalue weighted by Crippen LogP contribution is -2.06. The molecule has 3 N–H and O–H groups in total. The Labute approximate surface area is 182 Å². The number of hydrogen-bond acceptors (Lipinski definition) is 9. The van der Waals surface area contributed by atoms with E-state index in [1.165, 1.54) is 21.3 Å². The van der Waals surface area contributed by atoms with Gasteiger partial charge in [0.1, 0.15) is 16.4 Å². The van der Waals surface area contributed by atoms with Crippen LogP contribution in [0.5, 0.6) is 23.0 Å². The van der Waals surface area contributed by atoms with Gasteiger partial charge in [0.25, 0.3) is 0 Å². The standard InChI is InChI=1S/C20H20ClN3O5S/c1-26-13-7-5-10(21)9-12(13)23-20-24-19(22)18(30-20)15(25)11-6-8-14(27-2)17(29-4)16(11)28-3/h5-9H,22H2,1-4H3,(H,23,24). The first kappa shape index (κ1) is 21.5. The molecule has 3 aromatic rings. The van der Waals surface area contributed by atoms with Crippen molar-refractivity contribution in [3.63, 3.8) is 0 Å². The van der Waals surface area contributed by atoms with Gasteiger partial charge in [0, 0.05) is 5.02 Å². The van der Waals surface area contributed by atoms with Gasteiger partial charge in [0.05, 0.1) is 39.7 Å². The van der Waals surface area contributed by atoms with E-state index in [1.807, 2.05) is 0 Å². The molecule has 0 spiro atoms. The Hall–Kier alpha value is -3.17. The Bertz CT molecular complexity index is 1090. The van der Waals surface area contributed by atoms with Gasteiger partial charge in [0.2, 0.25) is 11.5 Å². The summed E-state index contributed by atoms with van der Waals surface area (Å²) in [5.74, 6) is 1.32. The Morgan fingerprint density at radius 3 is 2.30 bits per heavy atom. The van der Waals surface area contributed by atoms with Gasteiger partial charge in [-0.15, -0.1) is 0 Å². The maximum Gasteiger partial charge on any atom is 0.210 e. The first-order valence-corrected chi connectivity index (χ1v) is 9.83. The Balaban J connectivity index is 1.98. The van der Waals surface area contributed by atoms with E-state index in [1.54, 1.807) is 37.4 Å². The number of methoxy groups -OCH3 is 4. The number of nitrogens with one attached hydrogen (secondary N) is 1. The molecule has 0 amide bonds. The summed E-state index contributed by atoms with van der Waals surface area (Å²) in [6.07, 6.45) is 0. The fraction of sp³-hybridized carbons (Fsp3) is 0.200. The average Bonchev–Trinajstić information content (AvgIpc) is 3.11. The van der Waals surface area contributed by atoms with Crippen LogP contribution in [0.1, 0.15) is 15.2 Å². The second kappa shape index (κ2) is 9.10. The van der Waals surface area contributed by atoms with Crippen LogP contribution in [0.3, 0.4) is 0 Å². The van der Waals surface area contributed by atoms with Crippen molar-refractivity contribution in [1.82, 2.24) is 4.98 Å². The molecule has 158 valence electrons. The second-order valence-electron chi connectivity index (χ2n) is 5.91. The summed E-state index contributed by atoms with van der Waals surface area (Å²) in [7, 11) is 5.96. The summed E-state index contributed by atoms with van der Waals surface area (Å²) < 4.78 is 21.3. The SMILES string of the molecule is COc1ccc(Cl)cc1Nc1nc(N)c(C(=O)c2ccc(OC)c(OC)c2OC)s1. The molecule has 1 heterocycles. The predicted octanol–water partition coefficient (Wildman–Crippen LogP) is 4.39. The van der Waals surface area contributed by atoms with Gasteiger partial charge in [-0.3, -0.25) is 4.79 Å². The van der Waals surface area contributed by atoms with E-state index < -0.39 is 0 Å². The van der Waals surface area contributed by atoms with Crippen molar-refractivity contribution in [3.05, 3.63) is 45.8 Å². The van der Waals surface area contributed by atoms with Gasteiger partial charge < -0.3 is 30.0 Å². The maximum absolute atomic E-state index is 13.2. The van der Waals surface area contributed by atoms with E-state index in [2.05, 4.69) is 10.3 Å². The number of aromatic nitrogens is 1. The molecule has 3 rings (SSSR count). The zero-order chi connectivity index (χ0) is 21.8. The molecule has 0 saturated heterocycles. The molecule has 0 saturated carbocycles. The lowest BCUT2D eigenvalue weighted by Gasteiger charge is -2.14. The summed E-state index contributed by atoms with van der Waals surface area (Å²) >= 11 is 7.17. The molecule has 0 fully saturated rings. The van der Waals surface area contributed by atoms with Gasteiger partial charge in [-0.25, -0.2) is 4.98 Å². The highest BCUT2D eigenvalue weighted by atomic mass is 35.5. The smallest absolute Gasteiger partial charge is 0.210 e. The average molecular weight is 450 g/mol. The number of ketones is 1. The quantitative estimate of drug-likeness (QED) is 0.488. The topological polar surface area (TPSA) is 105 Å². The normalized spacial score (nSPS) is 10.4. The lowest BCUT2D eigenvalue weighted by atomic mass is 10.1. The highest BCUT2D eigenvalue weighted by Gasteiger charge is 2.25. The zero-order valence-corrected chi connectivity index (χ0v) is 18.3. The predicted molar refractivity (Wildman–Crippen MR) is 117 cm³/mol. The molecule has 0 aliphatic rings. The van der Waals surface area contributed by atoms with Gasteiger partial charge in [-0.2, -0.15) is 0 Å². The molecule has 0 unspecified atom stereocenters. The Morgan fingerprint density at radius 1 is 1.00 bits per heavy atom. The number of anilines is 3. The number of carbonyl (C=O) groups excluding carboxylic acids is 1. The van der Waals surface area contributed by atoms with Crippen molar-refractivity contribution in [1.29, 1.82) is 0 Å². The van der Waals surface area contributed by atoms with E-state index in [-0.39, 0.29) is 27.8 Å². The third kappa shape index (κ3) is 4.07. The van der Waals surface area contributed by atoms with Crippen molar-refractivity contribution in [2.24, 2.45) is 0 Å². The summed E-state index contributed by atoms with van der Waals surface area (Å²) in [6, 6.07) is 8.34. The molecular formula is C20H20ClN3O5S. The summed E-state index contributed by atoms with van der Waals surface area (Å²) in [5, 5.41) is 4.03. The van der Waals surface area contributed by atoms with Gasteiger partial charge in [0.15, 0.2) is 16.6 Å². The van der Waals surface area contributed by atoms with E-state index in [0.29, 0.717) is 33.1 Å². The molecule has 0 bridgehead atoms. The molecule has 2 aromatic carbocycles. The zero-order valence-electron chi connectivity index (χ0n) is 16.7. The number of nitrogens with zero attached hydrogens (tertiary/aromatic N) is 1. The van der Waals surface area contributed by atoms with Crippen LogP contribution in [0.15, 0.2) is 30.3 Å². The number of rotatable bonds is 8. The lowest BCUT2D eigenvalue weighted by molar-refractivity contribution is 0.103. The number of hydrogen-bond donors (Lipinski definition) is 2. The van der Waals surface area contributed by atoms with Crippen molar-refractivity contribution in [2.75, 3.05) is 39.5 Å². The minimum atomic E-state index is -0.353. The number of benzene rings is 2. The van der Waals surface area contributed by atoms with E-state index in [4.69, 9.17) is 36.3 Å². The van der Waals surface area contributed by atoms with Crippen LogP contribution >= 0.6 is 22.9 Å². The van der Waals surface area contributed by atoms with Crippen molar-refractivity contribution in [3.8, 4) is 23.0 Å². The number of halogens is 1. The molecule has 10 heteroatoms. The third-order valence-electron chi connectivity index (χ3n) is 4.21. The first-order chi connectivity index (χ1) is 14.4. The molecule has 0 radical (unpaired) electrons. The highest BCUT2D eigenvalue weighted by molar-refractivity contribution is 7.18. The van der Waals surface area contributed by atoms with Crippen LogP contribution in [0.2, 0.25) is 5.02 Å². The molecule has 8 nitrogen and oxygen atoms in total. The minimum absolute atomic E-state index is 0.0883. The summed E-state index contributed by atoms with van der Waals surface area (Å²) in [4.78, 5) is 17.7. The number of nitrogen functional groups attached to an aromatic ring is 1. The molecule has 0 aliphatic carbocycles. The largest absolute Gasteiger partial charge is 0.495 e. The Kier molecular flexibility index (Phi) is 6.53. The minimum Gasteiger partial charge on any atom is -0.495 e. The molecule has 30 heavy (non-hydrogen) atoms. The van der Waals surface area contributed by atoms with Gasteiger partial charge in [-0.1, -0.05) is 22.9 Å². The number of carbonyl (C=O) groups is 1. The first-order valence-electron chi connectivity index (χ1n) is 8.64. The second-order valence-corrected chi connectivity index (χ2v) is 7.35. The van der Waals surface area contributed by atoms with E-state index in [9.17, 15) is 4.79 Å². The van der Waals surface area contributed by atoms with Crippen LogP contribution in [0, 0.1) is 0 Å². The number of nitrogens with two attached hydrogens (primary N) is 1. The number of ether oxygens (including phenoxy) is 4. The summed E-state index contributed by atoms with van der Waals surface area (Å²) in [5.41, 5.74) is 6.91. The van der Waals surface area contributed by atoms with Crippen LogP contribution in [0.25, 0.3) is 0 Å². The van der Waals surface area contributed by atoms with Crippen LogP contribution in [-0.4, -0.2) is 39.2 Å². The maximum atomic E-state index is 13.2. The van der Waals surface area contributed by atoms with Gasteiger partial charge >= 0.3 is 0 Å². The molecule has 0 aliphatic heterocycles. The molecule has 1 aromatic heterocycles. The van der Waals surface area contributed by atoms with E-state index >= 15 is 0 Å². The van der Waals surface area contributed by atoms with Crippen molar-refractivity contribution in [2.45, 2.75) is 0 Å². The van der Waals surface area contributed by atoms with Crippen LogP contribution < -0.4 is 30.0 Å². The van der Waals surface area contributed by atoms with Crippen LogP contribution in [0.4, 0.5) is 16.6 Å². The van der Waals surface area contributed by atoms with Crippen LogP contribution in [-0.2, 0) is 0 Å². The van der Waals surface area contributed by atoms with Crippen molar-refractivity contribution >= 4 is 45.4 Å². The highest BCUT2D eigenvalue weighted by Crippen LogP contribution is 2.42. The molecular weight excluding hydrogens is 430 g/mol. The fourth-order valence-corrected chi connectivity index (χ4v) is 3.87. The van der Waals surface area contributed by atoms with Crippen molar-refractivity contribution < 1.29 is 23.7 Å². The Morgan fingerprint density at radius 2 is 1.67 bits per heavy atom. The van der Waals surface area contributed by atoms with Gasteiger partial charge in [-0.05, 0) is 30.3 Å². The monoisotopic (exact) mass is 449 g/mol. The van der Waals surface area contributed by atoms with E-state index in [0.717, 1.165) is 11.3 Å².